The number of hydrogen-bond donors (Lipinski definition) is 1. The number of ether oxygens (including phenoxy) is 1. The Morgan fingerprint density at radius 1 is 0.706 bits per heavy atom. The highest BCUT2D eigenvalue weighted by Gasteiger charge is 2.17. The van der Waals surface area contributed by atoms with Crippen LogP contribution in [0.1, 0.15) is 17.0 Å². The van der Waals surface area contributed by atoms with E-state index in [4.69, 9.17) is 9.84 Å². The molecule has 8 heteroatoms. The van der Waals surface area contributed by atoms with E-state index in [0.29, 0.717) is 17.5 Å². The second kappa shape index (κ2) is 10.0. The lowest BCUT2D eigenvalue weighted by molar-refractivity contribution is 0.271. The van der Waals surface area contributed by atoms with E-state index in [9.17, 15) is 17.6 Å². The monoisotopic (exact) mass is 468 g/mol. The first kappa shape index (κ1) is 23.4. The Bertz CT molecular complexity index is 1310. The van der Waals surface area contributed by atoms with E-state index in [2.05, 4.69) is 9.97 Å². The van der Waals surface area contributed by atoms with Crippen LogP contribution in [-0.2, 0) is 19.4 Å². The van der Waals surface area contributed by atoms with Gasteiger partial charge in [-0.15, -0.1) is 0 Å². The highest BCUT2D eigenvalue weighted by Crippen LogP contribution is 2.30. The molecule has 0 unspecified atom stereocenters. The molecule has 0 atom stereocenters. The van der Waals surface area contributed by atoms with Gasteiger partial charge >= 0.3 is 0 Å². The van der Waals surface area contributed by atoms with E-state index in [-0.39, 0.29) is 41.3 Å². The summed E-state index contributed by atoms with van der Waals surface area (Å²) in [5.41, 5.74) is 1.96. The SMILES string of the molecule is COc1ccc(-c2ccc(CCc3ccc(-c4cnc(CO)nc4)c(F)c3F)cc2)c(F)c1F. The maximum absolute atomic E-state index is 14.7. The van der Waals surface area contributed by atoms with E-state index in [1.165, 1.54) is 43.8 Å². The molecule has 34 heavy (non-hydrogen) atoms. The fourth-order valence-corrected chi connectivity index (χ4v) is 3.62. The van der Waals surface area contributed by atoms with Gasteiger partial charge in [0.2, 0.25) is 5.82 Å². The molecule has 4 rings (SSSR count). The lowest BCUT2D eigenvalue weighted by Gasteiger charge is -2.10. The maximum Gasteiger partial charge on any atom is 0.201 e. The molecule has 0 amide bonds. The Morgan fingerprint density at radius 2 is 1.32 bits per heavy atom. The molecular weight excluding hydrogens is 448 g/mol. The van der Waals surface area contributed by atoms with Gasteiger partial charge < -0.3 is 9.84 Å². The van der Waals surface area contributed by atoms with Crippen LogP contribution >= 0.6 is 0 Å². The molecule has 0 spiro atoms. The van der Waals surface area contributed by atoms with Crippen LogP contribution in [0.4, 0.5) is 17.6 Å². The average Bonchev–Trinajstić information content (AvgIpc) is 2.87. The topological polar surface area (TPSA) is 55.2 Å². The molecule has 0 fully saturated rings. The number of aryl methyl sites for hydroxylation is 2. The van der Waals surface area contributed by atoms with Crippen molar-refractivity contribution in [1.82, 2.24) is 9.97 Å². The van der Waals surface area contributed by atoms with Crippen LogP contribution in [0.5, 0.6) is 5.75 Å². The van der Waals surface area contributed by atoms with Crippen LogP contribution in [0.2, 0.25) is 0 Å². The third-order valence-electron chi connectivity index (χ3n) is 5.53. The molecule has 174 valence electrons. The third-order valence-corrected chi connectivity index (χ3v) is 5.53. The molecule has 3 aromatic carbocycles. The summed E-state index contributed by atoms with van der Waals surface area (Å²) in [5.74, 6) is -3.98. The number of methoxy groups -OCH3 is 1. The highest BCUT2D eigenvalue weighted by atomic mass is 19.2. The van der Waals surface area contributed by atoms with Gasteiger partial charge in [-0.05, 0) is 41.7 Å². The smallest absolute Gasteiger partial charge is 0.201 e. The number of hydrogen-bond acceptors (Lipinski definition) is 4. The molecule has 0 aliphatic carbocycles. The molecule has 0 radical (unpaired) electrons. The zero-order chi connectivity index (χ0) is 24.2. The van der Waals surface area contributed by atoms with Crippen LogP contribution in [-0.4, -0.2) is 22.2 Å². The summed E-state index contributed by atoms with van der Waals surface area (Å²) in [5, 5.41) is 9.01. The first-order chi connectivity index (χ1) is 16.4. The highest BCUT2D eigenvalue weighted by molar-refractivity contribution is 5.66. The number of aromatic nitrogens is 2. The predicted octanol–water partition coefficient (Wildman–Crippen LogP) is 5.65. The summed E-state index contributed by atoms with van der Waals surface area (Å²) >= 11 is 0. The van der Waals surface area contributed by atoms with Crippen molar-refractivity contribution in [3.05, 3.63) is 101 Å². The van der Waals surface area contributed by atoms with Crippen molar-refractivity contribution in [1.29, 1.82) is 0 Å². The normalized spacial score (nSPS) is 11.0. The van der Waals surface area contributed by atoms with Crippen LogP contribution in [0.15, 0.2) is 60.9 Å². The molecule has 0 aliphatic rings. The molecule has 4 aromatic rings. The van der Waals surface area contributed by atoms with E-state index >= 15 is 0 Å². The summed E-state index contributed by atoms with van der Waals surface area (Å²) in [6.07, 6.45) is 3.32. The third kappa shape index (κ3) is 4.63. The Labute approximate surface area is 193 Å². The Hall–Kier alpha value is -3.78. The minimum atomic E-state index is -1.05. The minimum absolute atomic E-state index is 0.0313. The van der Waals surface area contributed by atoms with E-state index in [1.54, 1.807) is 24.3 Å². The van der Waals surface area contributed by atoms with Crippen molar-refractivity contribution >= 4 is 0 Å². The van der Waals surface area contributed by atoms with Gasteiger partial charge in [-0.2, -0.15) is 4.39 Å². The molecule has 1 heterocycles. The van der Waals surface area contributed by atoms with Gasteiger partial charge in [0.25, 0.3) is 0 Å². The molecule has 0 saturated heterocycles. The fourth-order valence-electron chi connectivity index (χ4n) is 3.62. The van der Waals surface area contributed by atoms with E-state index in [0.717, 1.165) is 5.56 Å². The number of halogens is 4. The number of rotatable bonds is 7. The molecule has 1 aromatic heterocycles. The van der Waals surface area contributed by atoms with Crippen LogP contribution in [0, 0.1) is 23.3 Å². The number of benzene rings is 3. The van der Waals surface area contributed by atoms with Crippen LogP contribution in [0.25, 0.3) is 22.3 Å². The van der Waals surface area contributed by atoms with Crippen LogP contribution < -0.4 is 4.74 Å². The van der Waals surface area contributed by atoms with E-state index in [1.807, 2.05) is 0 Å². The molecule has 0 saturated carbocycles. The largest absolute Gasteiger partial charge is 0.494 e. The van der Waals surface area contributed by atoms with Gasteiger partial charge in [-0.1, -0.05) is 36.4 Å². The van der Waals surface area contributed by atoms with Crippen molar-refractivity contribution in [3.8, 4) is 28.0 Å². The van der Waals surface area contributed by atoms with Crippen LogP contribution in [0.3, 0.4) is 0 Å². The van der Waals surface area contributed by atoms with Crippen molar-refractivity contribution in [2.24, 2.45) is 0 Å². The summed E-state index contributed by atoms with van der Waals surface area (Å²) in [4.78, 5) is 7.78. The van der Waals surface area contributed by atoms with Crippen molar-refractivity contribution in [2.45, 2.75) is 19.4 Å². The zero-order valence-electron chi connectivity index (χ0n) is 18.2. The number of aliphatic hydroxyl groups is 1. The van der Waals surface area contributed by atoms with Gasteiger partial charge in [0, 0.05) is 29.1 Å². The second-order valence-electron chi connectivity index (χ2n) is 7.59. The molecule has 4 nitrogen and oxygen atoms in total. The lowest BCUT2D eigenvalue weighted by atomic mass is 9.98. The lowest BCUT2D eigenvalue weighted by Crippen LogP contribution is -2.01. The van der Waals surface area contributed by atoms with Crippen molar-refractivity contribution < 1.29 is 27.4 Å². The van der Waals surface area contributed by atoms with Gasteiger partial charge in [-0.25, -0.2) is 23.1 Å². The summed E-state index contributed by atoms with van der Waals surface area (Å²) < 4.78 is 62.5. The maximum atomic E-state index is 14.7. The van der Waals surface area contributed by atoms with Crippen molar-refractivity contribution in [2.75, 3.05) is 7.11 Å². The Kier molecular flexibility index (Phi) is 6.88. The predicted molar refractivity (Wildman–Crippen MR) is 119 cm³/mol. The first-order valence-electron chi connectivity index (χ1n) is 10.4. The Balaban J connectivity index is 1.48. The zero-order valence-corrected chi connectivity index (χ0v) is 18.2. The van der Waals surface area contributed by atoms with Gasteiger partial charge in [0.1, 0.15) is 6.61 Å². The van der Waals surface area contributed by atoms with Crippen molar-refractivity contribution in [3.63, 3.8) is 0 Å². The quantitative estimate of drug-likeness (QED) is 0.356. The van der Waals surface area contributed by atoms with Gasteiger partial charge in [0.05, 0.1) is 7.11 Å². The summed E-state index contributed by atoms with van der Waals surface area (Å²) in [6, 6.07) is 12.5. The molecule has 1 N–H and O–H groups in total. The summed E-state index contributed by atoms with van der Waals surface area (Å²) in [6.45, 7) is -0.344. The number of aliphatic hydroxyl groups excluding tert-OH is 1. The molecule has 0 bridgehead atoms. The number of nitrogens with zero attached hydrogens (tertiary/aromatic N) is 2. The Morgan fingerprint density at radius 3 is 1.97 bits per heavy atom. The second-order valence-corrected chi connectivity index (χ2v) is 7.59. The fraction of sp³-hybridized carbons (Fsp3) is 0.154. The van der Waals surface area contributed by atoms with Gasteiger partial charge in [0.15, 0.2) is 29.0 Å². The average molecular weight is 468 g/mol. The standard InChI is InChI=1S/C26H20F4N2O2/c1-34-21-11-10-19(25(29)26(21)30)16-5-2-15(3-6-16)4-7-17-8-9-20(24(28)23(17)27)18-12-31-22(14-33)32-13-18/h2-3,5-6,8-13,33H,4,7,14H2,1H3. The molecular formula is C26H20F4N2O2. The van der Waals surface area contributed by atoms with Gasteiger partial charge in [-0.3, -0.25) is 0 Å². The van der Waals surface area contributed by atoms with E-state index < -0.39 is 23.3 Å². The summed E-state index contributed by atoms with van der Waals surface area (Å²) in [7, 11) is 1.26. The minimum Gasteiger partial charge on any atom is -0.494 e. The first-order valence-corrected chi connectivity index (χ1v) is 10.4. The molecule has 0 aliphatic heterocycles.